The Morgan fingerprint density at radius 1 is 1.40 bits per heavy atom. The Balaban J connectivity index is 1.99. The van der Waals surface area contributed by atoms with Crippen LogP contribution in [0.1, 0.15) is 6.92 Å². The van der Waals surface area contributed by atoms with Crippen molar-refractivity contribution >= 4 is 11.8 Å². The van der Waals surface area contributed by atoms with Gasteiger partial charge < -0.3 is 32.2 Å². The average Bonchev–Trinajstić information content (AvgIpc) is 2.91. The summed E-state index contributed by atoms with van der Waals surface area (Å²) in [5.41, 5.74) is 17.4. The van der Waals surface area contributed by atoms with Crippen molar-refractivity contribution in [3.05, 3.63) is 0 Å². The number of nitrogens with two attached hydrogens (primary N) is 3. The van der Waals surface area contributed by atoms with E-state index in [0.717, 1.165) is 5.75 Å². The van der Waals surface area contributed by atoms with E-state index in [9.17, 15) is 10.2 Å². The second-order valence-corrected chi connectivity index (χ2v) is 6.49. The zero-order valence-electron chi connectivity index (χ0n) is 11.6. The minimum absolute atomic E-state index is 0.271. The first-order chi connectivity index (χ1) is 9.47. The zero-order chi connectivity index (χ0) is 14.9. The first-order valence-corrected chi connectivity index (χ1v) is 7.98. The highest BCUT2D eigenvalue weighted by Gasteiger charge is 2.49. The Bertz CT molecular complexity index is 324. The molecule has 0 aromatic heterocycles. The Kier molecular flexibility index (Phi) is 5.63. The topological polar surface area (TPSA) is 143 Å². The van der Waals surface area contributed by atoms with Crippen molar-refractivity contribution in [2.45, 2.75) is 49.8 Å². The monoisotopic (exact) mass is 307 g/mol. The van der Waals surface area contributed by atoms with E-state index >= 15 is 0 Å². The molecule has 8 nitrogen and oxygen atoms in total. The molecule has 20 heavy (non-hydrogen) atoms. The molecule has 118 valence electrons. The molecule has 2 aliphatic rings. The number of aliphatic hydroxyl groups is 2. The van der Waals surface area contributed by atoms with Gasteiger partial charge in [0.1, 0.15) is 18.4 Å². The van der Waals surface area contributed by atoms with Crippen molar-refractivity contribution < 1.29 is 14.9 Å². The van der Waals surface area contributed by atoms with Crippen LogP contribution in [0.15, 0.2) is 0 Å². The summed E-state index contributed by atoms with van der Waals surface area (Å²) < 4.78 is 5.77. The summed E-state index contributed by atoms with van der Waals surface area (Å²) in [6.45, 7) is 2.45. The molecule has 2 heterocycles. The van der Waals surface area contributed by atoms with Gasteiger partial charge in [-0.3, -0.25) is 5.32 Å². The van der Waals surface area contributed by atoms with Crippen LogP contribution < -0.4 is 22.5 Å². The van der Waals surface area contributed by atoms with Crippen LogP contribution in [0.2, 0.25) is 0 Å². The van der Waals surface area contributed by atoms with Gasteiger partial charge in [-0.1, -0.05) is 6.92 Å². The number of thioether (sulfide) groups is 1. The number of aliphatic hydroxyl groups excluding tert-OH is 2. The van der Waals surface area contributed by atoms with Crippen LogP contribution in [-0.2, 0) is 4.74 Å². The van der Waals surface area contributed by atoms with Gasteiger partial charge >= 0.3 is 0 Å². The molecule has 0 spiro atoms. The summed E-state index contributed by atoms with van der Waals surface area (Å²) in [5.74, 6) is 1.57. The number of hydrogen-bond donors (Lipinski definition) is 6. The van der Waals surface area contributed by atoms with Gasteiger partial charge in [0.05, 0.1) is 31.1 Å². The van der Waals surface area contributed by atoms with Crippen LogP contribution in [-0.4, -0.2) is 76.2 Å². The summed E-state index contributed by atoms with van der Waals surface area (Å²) in [6, 6.07) is -0.271. The Labute approximate surface area is 123 Å². The molecule has 0 aliphatic carbocycles. The molecular formula is C11H25N5O3S. The first-order valence-electron chi connectivity index (χ1n) is 6.82. The SMILES string of the molecule is CCSC[C@H]1O[C@@H](N2CNC(C(N)N)C2N)[C@H](O)[C@@H]1O. The zero-order valence-corrected chi connectivity index (χ0v) is 12.4. The fourth-order valence-corrected chi connectivity index (χ4v) is 3.39. The predicted molar refractivity (Wildman–Crippen MR) is 77.4 cm³/mol. The molecule has 0 amide bonds. The number of rotatable bonds is 5. The largest absolute Gasteiger partial charge is 0.388 e. The summed E-state index contributed by atoms with van der Waals surface area (Å²) >= 11 is 1.66. The molecule has 0 radical (unpaired) electrons. The van der Waals surface area contributed by atoms with E-state index in [1.54, 1.807) is 16.7 Å². The fraction of sp³-hybridized carbons (Fsp3) is 1.00. The van der Waals surface area contributed by atoms with Gasteiger partial charge in [0.15, 0.2) is 0 Å². The van der Waals surface area contributed by atoms with Crippen LogP contribution in [0, 0.1) is 0 Å². The maximum absolute atomic E-state index is 10.2. The molecule has 0 bridgehead atoms. The van der Waals surface area contributed by atoms with Gasteiger partial charge in [0, 0.05) is 5.75 Å². The van der Waals surface area contributed by atoms with Crippen molar-refractivity contribution in [3.63, 3.8) is 0 Å². The van der Waals surface area contributed by atoms with Gasteiger partial charge in [0.25, 0.3) is 0 Å². The van der Waals surface area contributed by atoms with E-state index in [4.69, 9.17) is 21.9 Å². The summed E-state index contributed by atoms with van der Waals surface area (Å²) in [6.07, 6.45) is -3.98. The maximum atomic E-state index is 10.2. The highest BCUT2D eigenvalue weighted by molar-refractivity contribution is 7.99. The van der Waals surface area contributed by atoms with Crippen molar-refractivity contribution in [1.29, 1.82) is 0 Å². The summed E-state index contributed by atoms with van der Waals surface area (Å²) in [5, 5.41) is 23.3. The summed E-state index contributed by atoms with van der Waals surface area (Å²) in [4.78, 5) is 1.75. The van der Waals surface area contributed by atoms with Crippen LogP contribution in [0.25, 0.3) is 0 Å². The fourth-order valence-electron chi connectivity index (χ4n) is 2.64. The molecule has 0 aromatic rings. The second-order valence-electron chi connectivity index (χ2n) is 5.18. The van der Waals surface area contributed by atoms with Gasteiger partial charge in [-0.25, -0.2) is 4.90 Å². The number of ether oxygens (including phenoxy) is 1. The quantitative estimate of drug-likeness (QED) is 0.292. The van der Waals surface area contributed by atoms with Gasteiger partial charge in [-0.05, 0) is 5.75 Å². The second kappa shape index (κ2) is 6.86. The van der Waals surface area contributed by atoms with Crippen LogP contribution in [0.4, 0.5) is 0 Å². The van der Waals surface area contributed by atoms with Gasteiger partial charge in [-0.2, -0.15) is 11.8 Å². The van der Waals surface area contributed by atoms with E-state index in [2.05, 4.69) is 5.32 Å². The lowest BCUT2D eigenvalue weighted by Gasteiger charge is -2.30. The highest BCUT2D eigenvalue weighted by Crippen LogP contribution is 2.28. The molecule has 2 aliphatic heterocycles. The minimum atomic E-state index is -0.988. The molecule has 2 unspecified atom stereocenters. The minimum Gasteiger partial charge on any atom is -0.388 e. The maximum Gasteiger partial charge on any atom is 0.142 e. The number of hydrogen-bond acceptors (Lipinski definition) is 9. The molecule has 9 heteroatoms. The third-order valence-corrected chi connectivity index (χ3v) is 4.80. The standard InChI is InChI=1S/C11H25N5O3S/c1-2-20-3-5-7(17)8(18)11(19-5)16-4-15-6(9(12)13)10(16)14/h5-11,15,17-18H,2-4,12-14H2,1H3/t5-,6?,7-,8-,10?,11-/m1/s1. The first kappa shape index (κ1) is 16.4. The highest BCUT2D eigenvalue weighted by atomic mass is 32.2. The third-order valence-electron chi connectivity index (χ3n) is 3.83. The molecule has 6 atom stereocenters. The van der Waals surface area contributed by atoms with Crippen LogP contribution >= 0.6 is 11.8 Å². The van der Waals surface area contributed by atoms with E-state index in [1.807, 2.05) is 6.92 Å². The molecular weight excluding hydrogens is 282 g/mol. The number of nitrogens with zero attached hydrogens (tertiary/aromatic N) is 1. The lowest BCUT2D eigenvalue weighted by molar-refractivity contribution is -0.0917. The molecule has 2 fully saturated rings. The van der Waals surface area contributed by atoms with Gasteiger partial charge in [0.2, 0.25) is 0 Å². The lowest BCUT2D eigenvalue weighted by atomic mass is 10.1. The van der Waals surface area contributed by atoms with E-state index in [-0.39, 0.29) is 6.04 Å². The predicted octanol–water partition coefficient (Wildman–Crippen LogP) is -3.05. The van der Waals surface area contributed by atoms with Crippen molar-refractivity contribution in [1.82, 2.24) is 10.2 Å². The van der Waals surface area contributed by atoms with Crippen molar-refractivity contribution in [3.8, 4) is 0 Å². The Hall–Kier alpha value is 0.0300. The Morgan fingerprint density at radius 2 is 2.10 bits per heavy atom. The Morgan fingerprint density at radius 3 is 2.65 bits per heavy atom. The van der Waals surface area contributed by atoms with E-state index < -0.39 is 36.9 Å². The average molecular weight is 307 g/mol. The van der Waals surface area contributed by atoms with E-state index in [1.165, 1.54) is 0 Å². The molecule has 0 saturated carbocycles. The molecule has 2 rings (SSSR count). The normalized spacial score (nSPS) is 42.8. The smallest absolute Gasteiger partial charge is 0.142 e. The van der Waals surface area contributed by atoms with E-state index in [0.29, 0.717) is 12.4 Å². The molecule has 0 aromatic carbocycles. The van der Waals surface area contributed by atoms with Crippen molar-refractivity contribution in [2.24, 2.45) is 17.2 Å². The van der Waals surface area contributed by atoms with Gasteiger partial charge in [-0.15, -0.1) is 0 Å². The number of nitrogens with one attached hydrogen (secondary N) is 1. The lowest BCUT2D eigenvalue weighted by Crippen LogP contribution is -2.59. The third kappa shape index (κ3) is 3.11. The van der Waals surface area contributed by atoms with Crippen LogP contribution in [0.3, 0.4) is 0 Å². The van der Waals surface area contributed by atoms with Crippen LogP contribution in [0.5, 0.6) is 0 Å². The molecule has 9 N–H and O–H groups in total. The van der Waals surface area contributed by atoms with Crippen molar-refractivity contribution in [2.75, 3.05) is 18.2 Å². The molecule has 2 saturated heterocycles. The summed E-state index contributed by atoms with van der Waals surface area (Å²) in [7, 11) is 0.